The number of anilines is 1. The zero-order valence-electron chi connectivity index (χ0n) is 11.1. The summed E-state index contributed by atoms with van der Waals surface area (Å²) in [4.78, 5) is 14.2. The summed E-state index contributed by atoms with van der Waals surface area (Å²) in [7, 11) is 1.95. The van der Waals surface area contributed by atoms with E-state index in [0.29, 0.717) is 12.5 Å². The predicted molar refractivity (Wildman–Crippen MR) is 78.0 cm³/mol. The lowest BCUT2D eigenvalue weighted by molar-refractivity contribution is 0.549. The first kappa shape index (κ1) is 14.1. The third kappa shape index (κ3) is 2.98. The standard InChI is InChI=1S/C13H19ClN4O/c1-3-5-18-13(19)12(14)11(8-16-18)17-6-4-10(9-17)7-15-2/h3,8,10,15H,1,4-7,9H2,2H3. The molecule has 104 valence electrons. The number of halogens is 1. The largest absolute Gasteiger partial charge is 0.369 e. The van der Waals surface area contributed by atoms with E-state index in [4.69, 9.17) is 11.6 Å². The monoisotopic (exact) mass is 282 g/mol. The Bertz CT molecular complexity index is 514. The summed E-state index contributed by atoms with van der Waals surface area (Å²) >= 11 is 6.17. The number of nitrogens with one attached hydrogen (secondary N) is 1. The second-order valence-corrected chi connectivity index (χ2v) is 5.16. The van der Waals surface area contributed by atoms with Gasteiger partial charge in [-0.25, -0.2) is 4.68 Å². The van der Waals surface area contributed by atoms with E-state index in [-0.39, 0.29) is 10.6 Å². The molecular formula is C13H19ClN4O. The highest BCUT2D eigenvalue weighted by molar-refractivity contribution is 6.33. The highest BCUT2D eigenvalue weighted by Gasteiger charge is 2.25. The van der Waals surface area contributed by atoms with Crippen molar-refractivity contribution in [3.8, 4) is 0 Å². The van der Waals surface area contributed by atoms with Gasteiger partial charge in [0.2, 0.25) is 0 Å². The summed E-state index contributed by atoms with van der Waals surface area (Å²) < 4.78 is 1.32. The van der Waals surface area contributed by atoms with Crippen LogP contribution in [-0.4, -0.2) is 36.5 Å². The molecule has 2 heterocycles. The van der Waals surface area contributed by atoms with Gasteiger partial charge in [-0.2, -0.15) is 5.10 Å². The molecule has 1 unspecified atom stereocenters. The molecule has 1 aliphatic heterocycles. The van der Waals surface area contributed by atoms with Gasteiger partial charge < -0.3 is 10.2 Å². The van der Waals surface area contributed by atoms with Gasteiger partial charge in [0.15, 0.2) is 0 Å². The first-order valence-corrected chi connectivity index (χ1v) is 6.81. The Morgan fingerprint density at radius 3 is 3.16 bits per heavy atom. The van der Waals surface area contributed by atoms with E-state index in [1.54, 1.807) is 12.3 Å². The number of nitrogens with zero attached hydrogens (tertiary/aromatic N) is 3. The van der Waals surface area contributed by atoms with Gasteiger partial charge in [-0.15, -0.1) is 6.58 Å². The van der Waals surface area contributed by atoms with E-state index in [9.17, 15) is 4.79 Å². The van der Waals surface area contributed by atoms with Crippen LogP contribution in [0, 0.1) is 5.92 Å². The van der Waals surface area contributed by atoms with Crippen molar-refractivity contribution in [1.82, 2.24) is 15.1 Å². The highest BCUT2D eigenvalue weighted by atomic mass is 35.5. The molecule has 0 aliphatic carbocycles. The molecule has 0 saturated carbocycles. The molecule has 1 aliphatic rings. The van der Waals surface area contributed by atoms with E-state index in [0.717, 1.165) is 31.7 Å². The van der Waals surface area contributed by atoms with Gasteiger partial charge >= 0.3 is 0 Å². The molecule has 1 fully saturated rings. The number of allylic oxidation sites excluding steroid dienone is 1. The maximum atomic E-state index is 12.0. The minimum absolute atomic E-state index is 0.252. The number of rotatable bonds is 5. The lowest BCUT2D eigenvalue weighted by Gasteiger charge is -2.19. The lowest BCUT2D eigenvalue weighted by Crippen LogP contribution is -2.29. The Morgan fingerprint density at radius 2 is 2.47 bits per heavy atom. The summed E-state index contributed by atoms with van der Waals surface area (Å²) in [6, 6.07) is 0. The maximum Gasteiger partial charge on any atom is 0.287 e. The van der Waals surface area contributed by atoms with Crippen molar-refractivity contribution < 1.29 is 0 Å². The molecule has 0 amide bonds. The molecule has 5 nitrogen and oxygen atoms in total. The maximum absolute atomic E-state index is 12.0. The highest BCUT2D eigenvalue weighted by Crippen LogP contribution is 2.27. The third-order valence-electron chi connectivity index (χ3n) is 3.39. The Kier molecular flexibility index (Phi) is 4.61. The molecule has 0 aromatic carbocycles. The van der Waals surface area contributed by atoms with Crippen molar-refractivity contribution in [2.45, 2.75) is 13.0 Å². The average Bonchev–Trinajstić information content (AvgIpc) is 2.84. The van der Waals surface area contributed by atoms with Crippen LogP contribution < -0.4 is 15.8 Å². The van der Waals surface area contributed by atoms with Crippen LogP contribution in [0.3, 0.4) is 0 Å². The molecule has 0 spiro atoms. The van der Waals surface area contributed by atoms with Gasteiger partial charge in [0.05, 0.1) is 18.4 Å². The Labute approximate surface area is 117 Å². The lowest BCUT2D eigenvalue weighted by atomic mass is 10.1. The fraction of sp³-hybridized carbons (Fsp3) is 0.538. The molecule has 6 heteroatoms. The fourth-order valence-corrected chi connectivity index (χ4v) is 2.70. The van der Waals surface area contributed by atoms with Crippen LogP contribution in [0.1, 0.15) is 6.42 Å². The quantitative estimate of drug-likeness (QED) is 0.823. The smallest absolute Gasteiger partial charge is 0.287 e. The van der Waals surface area contributed by atoms with Gasteiger partial charge in [-0.05, 0) is 25.9 Å². The Balaban J connectivity index is 2.20. The molecule has 1 N–H and O–H groups in total. The average molecular weight is 283 g/mol. The summed E-state index contributed by atoms with van der Waals surface area (Å²) in [6.45, 7) is 6.78. The van der Waals surface area contributed by atoms with Gasteiger partial charge in [0, 0.05) is 13.1 Å². The first-order chi connectivity index (χ1) is 9.17. The minimum Gasteiger partial charge on any atom is -0.369 e. The van der Waals surface area contributed by atoms with Crippen LogP contribution >= 0.6 is 11.6 Å². The van der Waals surface area contributed by atoms with Gasteiger partial charge in [-0.3, -0.25) is 4.79 Å². The van der Waals surface area contributed by atoms with E-state index in [2.05, 4.69) is 21.9 Å². The van der Waals surface area contributed by atoms with Gasteiger partial charge in [0.25, 0.3) is 5.56 Å². The van der Waals surface area contributed by atoms with E-state index < -0.39 is 0 Å². The van der Waals surface area contributed by atoms with Crippen LogP contribution in [0.15, 0.2) is 23.6 Å². The van der Waals surface area contributed by atoms with Crippen LogP contribution in [0.2, 0.25) is 5.02 Å². The summed E-state index contributed by atoms with van der Waals surface area (Å²) in [5.74, 6) is 0.594. The van der Waals surface area contributed by atoms with E-state index in [1.807, 2.05) is 7.05 Å². The van der Waals surface area contributed by atoms with Crippen molar-refractivity contribution in [2.75, 3.05) is 31.6 Å². The third-order valence-corrected chi connectivity index (χ3v) is 3.74. The summed E-state index contributed by atoms with van der Waals surface area (Å²) in [5, 5.41) is 7.57. The van der Waals surface area contributed by atoms with Crippen LogP contribution in [0.25, 0.3) is 0 Å². The molecule has 1 aromatic heterocycles. The van der Waals surface area contributed by atoms with Gasteiger partial charge in [0.1, 0.15) is 5.02 Å². The number of hydrogen-bond acceptors (Lipinski definition) is 4. The SMILES string of the molecule is C=CCn1ncc(N2CCC(CNC)C2)c(Cl)c1=O. The van der Waals surface area contributed by atoms with Crippen molar-refractivity contribution >= 4 is 17.3 Å². The molecule has 1 atom stereocenters. The second kappa shape index (κ2) is 6.21. The molecular weight excluding hydrogens is 264 g/mol. The molecule has 1 saturated heterocycles. The molecule has 2 rings (SSSR count). The van der Waals surface area contributed by atoms with Crippen LogP contribution in [-0.2, 0) is 6.54 Å². The predicted octanol–water partition coefficient (Wildman–Crippen LogP) is 1.13. The van der Waals surface area contributed by atoms with Crippen molar-refractivity contribution in [3.05, 3.63) is 34.2 Å². The summed E-state index contributed by atoms with van der Waals surface area (Å²) in [5.41, 5.74) is 0.488. The first-order valence-electron chi connectivity index (χ1n) is 6.43. The Hall–Kier alpha value is -1.33. The zero-order chi connectivity index (χ0) is 13.8. The molecule has 0 bridgehead atoms. The van der Waals surface area contributed by atoms with Crippen molar-refractivity contribution in [2.24, 2.45) is 5.92 Å². The van der Waals surface area contributed by atoms with Crippen molar-refractivity contribution in [3.63, 3.8) is 0 Å². The van der Waals surface area contributed by atoms with Crippen LogP contribution in [0.5, 0.6) is 0 Å². The Morgan fingerprint density at radius 1 is 1.68 bits per heavy atom. The van der Waals surface area contributed by atoms with Crippen LogP contribution in [0.4, 0.5) is 5.69 Å². The fourth-order valence-electron chi connectivity index (χ4n) is 2.44. The number of aromatic nitrogens is 2. The zero-order valence-corrected chi connectivity index (χ0v) is 11.9. The minimum atomic E-state index is -0.254. The molecule has 19 heavy (non-hydrogen) atoms. The summed E-state index contributed by atoms with van der Waals surface area (Å²) in [6.07, 6.45) is 4.41. The molecule has 0 radical (unpaired) electrons. The van der Waals surface area contributed by atoms with Gasteiger partial charge in [-0.1, -0.05) is 17.7 Å². The van der Waals surface area contributed by atoms with E-state index in [1.165, 1.54) is 4.68 Å². The topological polar surface area (TPSA) is 50.2 Å². The van der Waals surface area contributed by atoms with E-state index >= 15 is 0 Å². The second-order valence-electron chi connectivity index (χ2n) is 4.78. The normalized spacial score (nSPS) is 18.8. The molecule has 1 aromatic rings. The van der Waals surface area contributed by atoms with Crippen molar-refractivity contribution in [1.29, 1.82) is 0 Å². The number of hydrogen-bond donors (Lipinski definition) is 1.